The van der Waals surface area contributed by atoms with Crippen LogP contribution in [0.2, 0.25) is 0 Å². The van der Waals surface area contributed by atoms with Gasteiger partial charge >= 0.3 is 0 Å². The molecule has 0 spiro atoms. The zero-order valence-corrected chi connectivity index (χ0v) is 16.7. The second kappa shape index (κ2) is 8.88. The molecule has 0 saturated carbocycles. The predicted molar refractivity (Wildman–Crippen MR) is 108 cm³/mol. The lowest BCUT2D eigenvalue weighted by atomic mass is 10.2. The average Bonchev–Trinajstić information content (AvgIpc) is 3.30. The van der Waals surface area contributed by atoms with Crippen LogP contribution in [0, 0.1) is 6.92 Å². The van der Waals surface area contributed by atoms with E-state index in [0.29, 0.717) is 17.0 Å². The molecule has 0 unspecified atom stereocenters. The van der Waals surface area contributed by atoms with Crippen molar-refractivity contribution in [3.8, 4) is 5.75 Å². The summed E-state index contributed by atoms with van der Waals surface area (Å²) in [7, 11) is 0. The van der Waals surface area contributed by atoms with Gasteiger partial charge in [-0.3, -0.25) is 25.2 Å². The molecule has 1 fully saturated rings. The van der Waals surface area contributed by atoms with Gasteiger partial charge in [-0.15, -0.1) is 11.3 Å². The highest BCUT2D eigenvalue weighted by molar-refractivity contribution is 7.14. The molecule has 0 bridgehead atoms. The number of anilines is 1. The van der Waals surface area contributed by atoms with Gasteiger partial charge in [-0.1, -0.05) is 6.92 Å². The summed E-state index contributed by atoms with van der Waals surface area (Å²) in [5.41, 5.74) is 6.65. The van der Waals surface area contributed by atoms with Gasteiger partial charge in [0.25, 0.3) is 11.8 Å². The first-order valence-electron chi connectivity index (χ1n) is 9.19. The monoisotopic (exact) mass is 401 g/mol. The van der Waals surface area contributed by atoms with Gasteiger partial charge in [0.2, 0.25) is 5.91 Å². The second-order valence-electron chi connectivity index (χ2n) is 6.50. The van der Waals surface area contributed by atoms with E-state index in [2.05, 4.69) is 10.9 Å². The van der Waals surface area contributed by atoms with Gasteiger partial charge in [0.15, 0.2) is 6.61 Å². The number of hydrazine groups is 1. The van der Waals surface area contributed by atoms with Crippen LogP contribution in [-0.2, 0) is 16.0 Å². The fourth-order valence-electron chi connectivity index (χ4n) is 3.00. The summed E-state index contributed by atoms with van der Waals surface area (Å²) in [6.45, 7) is 4.50. The standard InChI is InChI=1S/C20H23N3O4S/c1-3-16-13(2)11-17(28-16)20(26)22-21-18(24)12-27-15-8-6-14(7-9-15)23-10-4-5-19(23)25/h6-9,11H,3-5,10,12H2,1-2H3,(H,21,24)(H,22,26). The van der Waals surface area contributed by atoms with E-state index in [4.69, 9.17) is 4.74 Å². The number of benzene rings is 1. The lowest BCUT2D eigenvalue weighted by molar-refractivity contribution is -0.123. The molecule has 1 aromatic heterocycles. The summed E-state index contributed by atoms with van der Waals surface area (Å²) in [5.74, 6) is -0.175. The van der Waals surface area contributed by atoms with Crippen molar-refractivity contribution in [2.75, 3.05) is 18.1 Å². The molecular weight excluding hydrogens is 378 g/mol. The lowest BCUT2D eigenvalue weighted by Crippen LogP contribution is -2.43. The molecule has 1 aliphatic rings. The molecule has 2 aromatic rings. The fourth-order valence-corrected chi connectivity index (χ4v) is 4.01. The quantitative estimate of drug-likeness (QED) is 0.729. The van der Waals surface area contributed by atoms with Crippen LogP contribution in [0.4, 0.5) is 5.69 Å². The Labute approximate surface area is 167 Å². The van der Waals surface area contributed by atoms with E-state index in [1.54, 1.807) is 29.2 Å². The largest absolute Gasteiger partial charge is 0.484 e. The summed E-state index contributed by atoms with van der Waals surface area (Å²) >= 11 is 1.42. The fraction of sp³-hybridized carbons (Fsp3) is 0.350. The Kier molecular flexibility index (Phi) is 6.30. The lowest BCUT2D eigenvalue weighted by Gasteiger charge is -2.16. The van der Waals surface area contributed by atoms with Crippen molar-refractivity contribution in [3.63, 3.8) is 0 Å². The Hall–Kier alpha value is -2.87. The highest BCUT2D eigenvalue weighted by Gasteiger charge is 2.21. The summed E-state index contributed by atoms with van der Waals surface area (Å²) < 4.78 is 5.43. The molecule has 1 saturated heterocycles. The Morgan fingerprint density at radius 3 is 2.57 bits per heavy atom. The molecule has 1 aromatic carbocycles. The highest BCUT2D eigenvalue weighted by Crippen LogP contribution is 2.24. The Balaban J connectivity index is 1.45. The van der Waals surface area contributed by atoms with Crippen molar-refractivity contribution in [1.82, 2.24) is 10.9 Å². The first kappa shape index (κ1) is 19.9. The van der Waals surface area contributed by atoms with Crippen LogP contribution in [0.3, 0.4) is 0 Å². The minimum Gasteiger partial charge on any atom is -0.484 e. The molecular formula is C20H23N3O4S. The van der Waals surface area contributed by atoms with Crippen LogP contribution in [0.25, 0.3) is 0 Å². The van der Waals surface area contributed by atoms with E-state index in [1.165, 1.54) is 11.3 Å². The number of carbonyl (C=O) groups is 3. The molecule has 0 radical (unpaired) electrons. The van der Waals surface area contributed by atoms with Crippen LogP contribution in [0.5, 0.6) is 5.75 Å². The second-order valence-corrected chi connectivity index (χ2v) is 7.64. The van der Waals surface area contributed by atoms with Crippen LogP contribution in [0.1, 0.15) is 39.9 Å². The predicted octanol–water partition coefficient (Wildman–Crippen LogP) is 2.59. The molecule has 3 rings (SSSR count). The van der Waals surface area contributed by atoms with Crippen LogP contribution >= 0.6 is 11.3 Å². The van der Waals surface area contributed by atoms with Gasteiger partial charge in [0.1, 0.15) is 5.75 Å². The number of rotatable bonds is 6. The Morgan fingerprint density at radius 1 is 1.21 bits per heavy atom. The number of thiophene rings is 1. The molecule has 2 N–H and O–H groups in total. The number of nitrogens with one attached hydrogen (secondary N) is 2. The van der Waals surface area contributed by atoms with Gasteiger partial charge in [-0.25, -0.2) is 0 Å². The molecule has 28 heavy (non-hydrogen) atoms. The zero-order chi connectivity index (χ0) is 20.1. The van der Waals surface area contributed by atoms with Crippen molar-refractivity contribution in [3.05, 3.63) is 45.6 Å². The third-order valence-corrected chi connectivity index (χ3v) is 5.85. The topological polar surface area (TPSA) is 87.7 Å². The van der Waals surface area contributed by atoms with Gasteiger partial charge in [-0.2, -0.15) is 0 Å². The Bertz CT molecular complexity index is 876. The molecule has 148 valence electrons. The first-order chi connectivity index (χ1) is 13.5. The van der Waals surface area contributed by atoms with E-state index in [-0.39, 0.29) is 18.4 Å². The summed E-state index contributed by atoms with van der Waals surface area (Å²) in [5, 5.41) is 0. The molecule has 7 nitrogen and oxygen atoms in total. The Morgan fingerprint density at radius 2 is 1.96 bits per heavy atom. The van der Waals surface area contributed by atoms with Crippen molar-refractivity contribution in [1.29, 1.82) is 0 Å². The highest BCUT2D eigenvalue weighted by atomic mass is 32.1. The van der Waals surface area contributed by atoms with Crippen molar-refractivity contribution >= 4 is 34.7 Å². The molecule has 8 heteroatoms. The zero-order valence-electron chi connectivity index (χ0n) is 15.9. The minimum absolute atomic E-state index is 0.121. The van der Waals surface area contributed by atoms with Crippen molar-refractivity contribution in [2.45, 2.75) is 33.1 Å². The molecule has 0 aliphatic carbocycles. The van der Waals surface area contributed by atoms with Crippen LogP contribution in [0.15, 0.2) is 30.3 Å². The number of carbonyl (C=O) groups excluding carboxylic acids is 3. The van der Waals surface area contributed by atoms with E-state index >= 15 is 0 Å². The average molecular weight is 401 g/mol. The van der Waals surface area contributed by atoms with E-state index in [1.807, 2.05) is 19.9 Å². The number of hydrogen-bond donors (Lipinski definition) is 2. The van der Waals surface area contributed by atoms with Gasteiger partial charge in [-0.05, 0) is 55.7 Å². The number of nitrogens with zero attached hydrogens (tertiary/aromatic N) is 1. The molecule has 0 atom stereocenters. The van der Waals surface area contributed by atoms with Gasteiger partial charge in [0.05, 0.1) is 4.88 Å². The normalized spacial score (nSPS) is 13.5. The van der Waals surface area contributed by atoms with Crippen LogP contribution in [-0.4, -0.2) is 30.9 Å². The SMILES string of the molecule is CCc1sc(C(=O)NNC(=O)COc2ccc(N3CCCC3=O)cc2)cc1C. The van der Waals surface area contributed by atoms with E-state index < -0.39 is 5.91 Å². The summed E-state index contributed by atoms with van der Waals surface area (Å²) in [6.07, 6.45) is 2.32. The number of ether oxygens (including phenoxy) is 1. The molecule has 3 amide bonds. The maximum absolute atomic E-state index is 12.1. The maximum atomic E-state index is 12.1. The number of hydrogen-bond acceptors (Lipinski definition) is 5. The van der Waals surface area contributed by atoms with Crippen molar-refractivity contribution in [2.24, 2.45) is 0 Å². The number of aryl methyl sites for hydroxylation is 2. The third-order valence-electron chi connectivity index (χ3n) is 4.47. The maximum Gasteiger partial charge on any atom is 0.279 e. The summed E-state index contributed by atoms with van der Waals surface area (Å²) in [4.78, 5) is 39.2. The smallest absolute Gasteiger partial charge is 0.279 e. The first-order valence-corrected chi connectivity index (χ1v) is 10.0. The van der Waals surface area contributed by atoms with E-state index in [0.717, 1.165) is 35.5 Å². The van der Waals surface area contributed by atoms with Gasteiger partial charge in [0, 0.05) is 23.5 Å². The minimum atomic E-state index is -0.462. The third kappa shape index (κ3) is 4.69. The van der Waals surface area contributed by atoms with Crippen molar-refractivity contribution < 1.29 is 19.1 Å². The van der Waals surface area contributed by atoms with Crippen LogP contribution < -0.4 is 20.5 Å². The van der Waals surface area contributed by atoms with E-state index in [9.17, 15) is 14.4 Å². The number of amides is 3. The summed E-state index contributed by atoms with van der Waals surface area (Å²) in [6, 6.07) is 8.83. The van der Waals surface area contributed by atoms with Gasteiger partial charge < -0.3 is 9.64 Å². The molecule has 1 aliphatic heterocycles. The molecule has 2 heterocycles.